The van der Waals surface area contributed by atoms with Crippen LogP contribution in [0, 0.1) is 0 Å². The molecule has 0 bridgehead atoms. The molecule has 0 rings (SSSR count). The van der Waals surface area contributed by atoms with Crippen molar-refractivity contribution >= 4 is 0 Å². The summed E-state index contributed by atoms with van der Waals surface area (Å²) in [5.41, 5.74) is 0. The Labute approximate surface area is 73.9 Å². The summed E-state index contributed by atoms with van der Waals surface area (Å²) in [7, 11) is 0. The quantitative estimate of drug-likeness (QED) is 0.503. The van der Waals surface area contributed by atoms with Crippen LogP contribution in [-0.2, 0) is 74.8 Å². The summed E-state index contributed by atoms with van der Waals surface area (Å²) in [5.74, 6) is 0. The molecule has 0 saturated heterocycles. The van der Waals surface area contributed by atoms with Crippen molar-refractivity contribution in [3.63, 3.8) is 0 Å². The molecule has 0 aliphatic carbocycles. The number of rotatable bonds is 0. The van der Waals surface area contributed by atoms with Gasteiger partial charge in [0.25, 0.3) is 0 Å². The van der Waals surface area contributed by atoms with Crippen molar-refractivity contribution in [3.05, 3.63) is 0 Å². The molecule has 0 saturated carbocycles. The van der Waals surface area contributed by atoms with Crippen molar-refractivity contribution in [3.8, 4) is 0 Å². The Morgan fingerprint density at radius 2 is 1.00 bits per heavy atom. The van der Waals surface area contributed by atoms with Gasteiger partial charge in [-0.3, -0.25) is 0 Å². The first-order valence-corrected chi connectivity index (χ1v) is 0. The normalized spacial score (nSPS) is 0. The van der Waals surface area contributed by atoms with Gasteiger partial charge in [-0.05, 0) is 0 Å². The number of hydrogen-bond donors (Lipinski definition) is 0. The van der Waals surface area contributed by atoms with Crippen LogP contribution in [0.15, 0.2) is 0 Å². The Morgan fingerprint density at radius 1 is 1.00 bits per heavy atom. The second-order valence-electron chi connectivity index (χ2n) is 0. The van der Waals surface area contributed by atoms with E-state index < -0.39 is 0 Å². The molecule has 0 amide bonds. The van der Waals surface area contributed by atoms with Crippen LogP contribution in [0.2, 0.25) is 0 Å². The molecule has 4 heteroatoms. The summed E-state index contributed by atoms with van der Waals surface area (Å²) in [5, 5.41) is 0. The van der Waals surface area contributed by atoms with Crippen molar-refractivity contribution in [1.82, 2.24) is 0 Å². The minimum atomic E-state index is 0. The summed E-state index contributed by atoms with van der Waals surface area (Å²) in [6, 6.07) is 0. The molecule has 0 atom stereocenters. The zero-order chi connectivity index (χ0) is 0. The predicted molar refractivity (Wildman–Crippen MR) is 0 cm³/mol. The Bertz CT molecular complexity index is 8.00. The van der Waals surface area contributed by atoms with E-state index in [1.165, 1.54) is 0 Å². The maximum Gasteiger partial charge on any atom is 0 e. The largest absolute Gasteiger partial charge is 0 e. The van der Waals surface area contributed by atoms with Gasteiger partial charge in [0.15, 0.2) is 0 Å². The van der Waals surface area contributed by atoms with Crippen molar-refractivity contribution in [2.75, 3.05) is 0 Å². The third-order valence-electron chi connectivity index (χ3n) is 0. The second-order valence-corrected chi connectivity index (χ2v) is 0. The maximum absolute atomic E-state index is 0. The summed E-state index contributed by atoms with van der Waals surface area (Å²) in [6.45, 7) is 0. The third-order valence-corrected chi connectivity index (χ3v) is 0. The van der Waals surface area contributed by atoms with Crippen LogP contribution in [0.5, 0.6) is 0 Å². The molecule has 0 heterocycles. The molecular formula is CoMoNiRe. The third kappa shape index (κ3) is 8.84. The van der Waals surface area contributed by atoms with E-state index in [0.717, 1.165) is 0 Å². The summed E-state index contributed by atoms with van der Waals surface area (Å²) >= 11 is 0. The van der Waals surface area contributed by atoms with Gasteiger partial charge in [-0.15, -0.1) is 0 Å². The predicted octanol–water partition coefficient (Wildman–Crippen LogP) is -0.0100. The molecule has 0 aromatic heterocycles. The van der Waals surface area contributed by atoms with Gasteiger partial charge in [0, 0.05) is 74.8 Å². The van der Waals surface area contributed by atoms with E-state index in [4.69, 9.17) is 0 Å². The van der Waals surface area contributed by atoms with Crippen LogP contribution in [-0.4, -0.2) is 0 Å². The Balaban J connectivity index is 0. The average Bonchev–Trinajstić information content (AvgIpc) is 0. The Morgan fingerprint density at radius 3 is 1.00 bits per heavy atom. The molecule has 0 aliphatic heterocycles. The van der Waals surface area contributed by atoms with E-state index in [1.807, 2.05) is 0 Å². The van der Waals surface area contributed by atoms with Gasteiger partial charge in [-0.2, -0.15) is 0 Å². The minimum Gasteiger partial charge on any atom is 0 e. The van der Waals surface area contributed by atoms with Gasteiger partial charge in [0.1, 0.15) is 0 Å². The van der Waals surface area contributed by atoms with E-state index in [2.05, 4.69) is 0 Å². The van der Waals surface area contributed by atoms with Gasteiger partial charge in [-0.25, -0.2) is 0 Å². The van der Waals surface area contributed by atoms with Crippen LogP contribution in [0.4, 0.5) is 0 Å². The molecule has 0 aromatic carbocycles. The summed E-state index contributed by atoms with van der Waals surface area (Å²) in [4.78, 5) is 0. The fraction of sp³-hybridized carbons (Fsp3) is 0. The number of hydrogen-bond acceptors (Lipinski definition) is 0. The Hall–Kier alpha value is 2.35. The monoisotopic (exact) mass is 402 g/mol. The first-order valence-electron chi connectivity index (χ1n) is 0. The summed E-state index contributed by atoms with van der Waals surface area (Å²) in [6.07, 6.45) is 0. The van der Waals surface area contributed by atoms with E-state index in [9.17, 15) is 0 Å². The van der Waals surface area contributed by atoms with Gasteiger partial charge in [0.2, 0.25) is 0 Å². The molecule has 0 nitrogen and oxygen atoms in total. The fourth-order valence-electron chi connectivity index (χ4n) is 0. The molecule has 0 aliphatic rings. The van der Waals surface area contributed by atoms with Gasteiger partial charge < -0.3 is 0 Å². The van der Waals surface area contributed by atoms with Crippen LogP contribution in [0.1, 0.15) is 0 Å². The SMILES string of the molecule is [Co].[Mo].[Ni].[Re]. The average molecular weight is 400 g/mol. The van der Waals surface area contributed by atoms with Crippen molar-refractivity contribution in [1.29, 1.82) is 0 Å². The molecule has 0 spiro atoms. The van der Waals surface area contributed by atoms with Crippen molar-refractivity contribution in [2.24, 2.45) is 0 Å². The van der Waals surface area contributed by atoms with Gasteiger partial charge in [-0.1, -0.05) is 0 Å². The molecule has 0 unspecified atom stereocenters. The standard InChI is InChI=1S/Co.Mo.Ni.Re. The minimum absolute atomic E-state index is 0. The van der Waals surface area contributed by atoms with Crippen LogP contribution >= 0.6 is 0 Å². The Kier molecular flexibility index (Phi) is 151. The van der Waals surface area contributed by atoms with E-state index in [-0.39, 0.29) is 74.8 Å². The maximum atomic E-state index is 0. The van der Waals surface area contributed by atoms with Crippen LogP contribution in [0.3, 0.4) is 0 Å². The molecule has 2 radical (unpaired) electrons. The first-order chi connectivity index (χ1) is 0. The second kappa shape index (κ2) is 18.3. The van der Waals surface area contributed by atoms with Crippen molar-refractivity contribution in [2.45, 2.75) is 0 Å². The first kappa shape index (κ1) is 32.9. The van der Waals surface area contributed by atoms with Gasteiger partial charge >= 0.3 is 0 Å². The summed E-state index contributed by atoms with van der Waals surface area (Å²) < 4.78 is 0. The molecule has 32 valence electrons. The smallest absolute Gasteiger partial charge is 0 e. The van der Waals surface area contributed by atoms with E-state index >= 15 is 0 Å². The van der Waals surface area contributed by atoms with Crippen LogP contribution in [0.25, 0.3) is 0 Å². The van der Waals surface area contributed by atoms with Crippen molar-refractivity contribution < 1.29 is 74.8 Å². The molecule has 0 N–H and O–H groups in total. The molecular weight excluding hydrogens is 400 g/mol. The van der Waals surface area contributed by atoms with Crippen LogP contribution < -0.4 is 0 Å². The topological polar surface area (TPSA) is 0 Å². The zero-order valence-corrected chi connectivity index (χ0v) is 8.19. The fourth-order valence-corrected chi connectivity index (χ4v) is 0. The molecule has 4 heavy (non-hydrogen) atoms. The zero-order valence-electron chi connectivity index (χ0n) is 1.44. The van der Waals surface area contributed by atoms with E-state index in [0.29, 0.717) is 0 Å². The van der Waals surface area contributed by atoms with Gasteiger partial charge in [0.05, 0.1) is 0 Å². The molecule has 0 aromatic rings. The molecule has 0 fully saturated rings. The van der Waals surface area contributed by atoms with E-state index in [1.54, 1.807) is 0 Å².